The van der Waals surface area contributed by atoms with Crippen molar-refractivity contribution in [3.63, 3.8) is 0 Å². The number of nitrogens with one attached hydrogen (secondary N) is 3. The number of amides is 4. The molecule has 0 radical (unpaired) electrons. The van der Waals surface area contributed by atoms with Gasteiger partial charge in [0.05, 0.1) is 6.04 Å². The van der Waals surface area contributed by atoms with Crippen LogP contribution in [0.4, 0.5) is 4.39 Å². The smallest absolute Gasteiger partial charge is 0.243 e. The summed E-state index contributed by atoms with van der Waals surface area (Å²) in [5, 5.41) is 7.91. The number of unbranched alkanes of at least 4 members (excludes halogenated alkanes) is 1. The molecule has 4 atom stereocenters. The van der Waals surface area contributed by atoms with Gasteiger partial charge >= 0.3 is 0 Å². The van der Waals surface area contributed by atoms with Crippen LogP contribution in [0, 0.1) is 5.82 Å². The zero-order valence-electron chi connectivity index (χ0n) is 24.4. The molecule has 2 aromatic rings. The Hall–Kier alpha value is -4.52. The molecule has 13 heteroatoms. The molecule has 0 aliphatic carbocycles. The van der Waals surface area contributed by atoms with Crippen LogP contribution in [-0.4, -0.2) is 60.3 Å². The van der Waals surface area contributed by atoms with Crippen molar-refractivity contribution in [2.75, 3.05) is 6.54 Å². The van der Waals surface area contributed by atoms with E-state index in [2.05, 4.69) is 20.9 Å². The third-order valence-corrected chi connectivity index (χ3v) is 6.73. The van der Waals surface area contributed by atoms with Gasteiger partial charge in [-0.25, -0.2) is 4.39 Å². The highest BCUT2D eigenvalue weighted by Gasteiger charge is 2.30. The number of hydrogen-bond donors (Lipinski definition) is 7. The van der Waals surface area contributed by atoms with Gasteiger partial charge in [-0.15, -0.1) is 0 Å². The summed E-state index contributed by atoms with van der Waals surface area (Å²) >= 11 is 0. The van der Waals surface area contributed by atoms with Crippen molar-refractivity contribution in [2.24, 2.45) is 27.9 Å². The van der Waals surface area contributed by atoms with Crippen LogP contribution in [0.25, 0.3) is 0 Å². The van der Waals surface area contributed by atoms with Gasteiger partial charge in [-0.05, 0) is 42.9 Å². The van der Waals surface area contributed by atoms with E-state index in [9.17, 15) is 23.6 Å². The molecular formula is C30H43FN8O4. The average Bonchev–Trinajstić information content (AvgIpc) is 2.97. The lowest BCUT2D eigenvalue weighted by Crippen LogP contribution is -2.58. The largest absolute Gasteiger partial charge is 0.370 e. The first-order valence-electron chi connectivity index (χ1n) is 14.3. The van der Waals surface area contributed by atoms with Crippen molar-refractivity contribution in [1.29, 1.82) is 0 Å². The van der Waals surface area contributed by atoms with Crippen LogP contribution in [0.2, 0.25) is 0 Å². The number of nitrogens with two attached hydrogens (primary N) is 4. The van der Waals surface area contributed by atoms with Gasteiger partial charge < -0.3 is 38.9 Å². The molecule has 0 aliphatic heterocycles. The highest BCUT2D eigenvalue weighted by Crippen LogP contribution is 2.12. The van der Waals surface area contributed by atoms with Crippen molar-refractivity contribution < 1.29 is 23.6 Å². The van der Waals surface area contributed by atoms with Crippen LogP contribution < -0.4 is 38.9 Å². The SMILES string of the molecule is CCCC[C@@H](NC(=O)[C@@H](Cc1ccccc1F)NC(=O)[C@H](N)Cc1ccccc1)C(=O)N[C@H](CCCN=C(N)N)C(N)=O. The molecule has 0 saturated carbocycles. The summed E-state index contributed by atoms with van der Waals surface area (Å²) < 4.78 is 14.5. The first kappa shape index (κ1) is 34.7. The molecule has 43 heavy (non-hydrogen) atoms. The molecule has 0 heterocycles. The topological polar surface area (TPSA) is 221 Å². The molecular weight excluding hydrogens is 555 g/mol. The van der Waals surface area contributed by atoms with Crippen LogP contribution in [0.1, 0.15) is 50.2 Å². The molecule has 2 rings (SSSR count). The minimum atomic E-state index is -1.24. The van der Waals surface area contributed by atoms with Crippen molar-refractivity contribution in [1.82, 2.24) is 16.0 Å². The number of primary amides is 1. The highest BCUT2D eigenvalue weighted by molar-refractivity contribution is 5.94. The van der Waals surface area contributed by atoms with E-state index in [1.807, 2.05) is 37.3 Å². The Morgan fingerprint density at radius 1 is 0.767 bits per heavy atom. The van der Waals surface area contributed by atoms with E-state index in [0.29, 0.717) is 12.8 Å². The lowest BCUT2D eigenvalue weighted by atomic mass is 10.0. The number of nitrogens with zero attached hydrogens (tertiary/aromatic N) is 1. The van der Waals surface area contributed by atoms with Crippen molar-refractivity contribution in [3.05, 3.63) is 71.5 Å². The number of carbonyl (C=O) groups excluding carboxylic acids is 4. The third kappa shape index (κ3) is 12.5. The maximum absolute atomic E-state index is 14.5. The minimum absolute atomic E-state index is 0.0972. The summed E-state index contributed by atoms with van der Waals surface area (Å²) in [6, 6.07) is 10.7. The summed E-state index contributed by atoms with van der Waals surface area (Å²) in [6.45, 7) is 2.16. The van der Waals surface area contributed by atoms with Gasteiger partial charge in [0.1, 0.15) is 23.9 Å². The molecule has 0 fully saturated rings. The monoisotopic (exact) mass is 598 g/mol. The molecule has 0 bridgehead atoms. The maximum atomic E-state index is 14.5. The molecule has 0 spiro atoms. The molecule has 0 aliphatic rings. The fraction of sp³-hybridized carbons (Fsp3) is 0.433. The molecule has 11 N–H and O–H groups in total. The second-order valence-electron chi connectivity index (χ2n) is 10.3. The fourth-order valence-corrected chi connectivity index (χ4v) is 4.34. The average molecular weight is 599 g/mol. The molecule has 0 saturated heterocycles. The van der Waals surface area contributed by atoms with Crippen molar-refractivity contribution in [2.45, 2.75) is 76.0 Å². The Bertz CT molecular complexity index is 1240. The van der Waals surface area contributed by atoms with Gasteiger partial charge in [-0.1, -0.05) is 68.3 Å². The summed E-state index contributed by atoms with van der Waals surface area (Å²) in [5.74, 6) is -3.33. The van der Waals surface area contributed by atoms with Gasteiger partial charge in [0.2, 0.25) is 23.6 Å². The first-order valence-corrected chi connectivity index (χ1v) is 14.3. The van der Waals surface area contributed by atoms with Crippen LogP contribution in [0.3, 0.4) is 0 Å². The lowest BCUT2D eigenvalue weighted by Gasteiger charge is -2.25. The Labute approximate surface area is 251 Å². The molecule has 4 amide bonds. The number of hydrogen-bond acceptors (Lipinski definition) is 6. The Morgan fingerprint density at radius 2 is 1.35 bits per heavy atom. The van der Waals surface area contributed by atoms with E-state index in [4.69, 9.17) is 22.9 Å². The van der Waals surface area contributed by atoms with Gasteiger partial charge in [0.15, 0.2) is 5.96 Å². The van der Waals surface area contributed by atoms with E-state index in [0.717, 1.165) is 12.0 Å². The summed E-state index contributed by atoms with van der Waals surface area (Å²) in [6.07, 6.45) is 2.15. The zero-order valence-corrected chi connectivity index (χ0v) is 24.4. The van der Waals surface area contributed by atoms with Crippen LogP contribution in [-0.2, 0) is 32.0 Å². The van der Waals surface area contributed by atoms with E-state index in [-0.39, 0.29) is 43.8 Å². The Kier molecular flexibility index (Phi) is 14.6. The highest BCUT2D eigenvalue weighted by atomic mass is 19.1. The van der Waals surface area contributed by atoms with E-state index < -0.39 is 53.6 Å². The van der Waals surface area contributed by atoms with Gasteiger partial charge in [-0.2, -0.15) is 0 Å². The standard InChI is InChI=1S/C30H43FN8O4/c1-2-3-14-24(28(42)37-23(26(33)40)15-9-16-36-30(34)35)38-29(43)25(18-20-12-7-8-13-21(20)31)39-27(41)22(32)17-19-10-5-4-6-11-19/h4-8,10-13,22-25H,2-3,9,14-18,32H2,1H3,(H2,33,40)(H,37,42)(H,38,43)(H,39,41)(H4,34,35,36)/t22-,23-,24-,25-/m1/s1. The van der Waals surface area contributed by atoms with Gasteiger partial charge in [0.25, 0.3) is 0 Å². The lowest BCUT2D eigenvalue weighted by molar-refractivity contribution is -0.133. The number of benzene rings is 2. The second kappa shape index (κ2) is 18.1. The third-order valence-electron chi connectivity index (χ3n) is 6.73. The predicted molar refractivity (Wildman–Crippen MR) is 163 cm³/mol. The van der Waals surface area contributed by atoms with Gasteiger partial charge in [-0.3, -0.25) is 24.2 Å². The van der Waals surface area contributed by atoms with E-state index >= 15 is 0 Å². The zero-order chi connectivity index (χ0) is 31.8. The summed E-state index contributed by atoms with van der Waals surface area (Å²) in [7, 11) is 0. The first-order chi connectivity index (χ1) is 20.5. The summed E-state index contributed by atoms with van der Waals surface area (Å²) in [4.78, 5) is 55.7. The Morgan fingerprint density at radius 3 is 1.98 bits per heavy atom. The Balaban J connectivity index is 2.20. The quantitative estimate of drug-likeness (QED) is 0.0713. The number of aliphatic imine (C=N–C) groups is 1. The number of carbonyl (C=O) groups is 4. The molecule has 234 valence electrons. The fourth-order valence-electron chi connectivity index (χ4n) is 4.34. The molecule has 12 nitrogen and oxygen atoms in total. The predicted octanol–water partition coefficient (Wildman–Crippen LogP) is 0.122. The van der Waals surface area contributed by atoms with Crippen LogP contribution in [0.15, 0.2) is 59.6 Å². The molecule has 0 unspecified atom stereocenters. The number of guanidine groups is 1. The van der Waals surface area contributed by atoms with Crippen LogP contribution in [0.5, 0.6) is 0 Å². The molecule has 2 aromatic carbocycles. The summed E-state index contributed by atoms with van der Waals surface area (Å²) in [5.41, 5.74) is 23.3. The van der Waals surface area contributed by atoms with E-state index in [1.54, 1.807) is 6.07 Å². The normalized spacial score (nSPS) is 13.6. The minimum Gasteiger partial charge on any atom is -0.370 e. The van der Waals surface area contributed by atoms with Gasteiger partial charge in [0, 0.05) is 13.0 Å². The number of rotatable bonds is 18. The van der Waals surface area contributed by atoms with Crippen molar-refractivity contribution >= 4 is 29.6 Å². The van der Waals surface area contributed by atoms with Crippen LogP contribution >= 0.6 is 0 Å². The van der Waals surface area contributed by atoms with E-state index in [1.165, 1.54) is 18.2 Å². The maximum Gasteiger partial charge on any atom is 0.243 e. The number of halogens is 1. The second-order valence-corrected chi connectivity index (χ2v) is 10.3. The van der Waals surface area contributed by atoms with Crippen molar-refractivity contribution in [3.8, 4) is 0 Å². The molecule has 0 aromatic heterocycles.